The van der Waals surface area contributed by atoms with E-state index in [2.05, 4.69) is 12.2 Å². The predicted octanol–water partition coefficient (Wildman–Crippen LogP) is 3.74. The van der Waals surface area contributed by atoms with E-state index in [4.69, 9.17) is 4.98 Å². The number of carbonyl (C=O) groups excluding carboxylic acids is 1. The van der Waals surface area contributed by atoms with Crippen LogP contribution in [0.2, 0.25) is 0 Å². The fraction of sp³-hybridized carbons (Fsp3) is 0.550. The number of para-hydroxylation sites is 1. The van der Waals surface area contributed by atoms with Crippen molar-refractivity contribution in [1.29, 1.82) is 0 Å². The van der Waals surface area contributed by atoms with Gasteiger partial charge in [-0.25, -0.2) is 4.98 Å². The number of fused-ring (bicyclic) bond motifs is 1. The Morgan fingerprint density at radius 2 is 2.08 bits per heavy atom. The third kappa shape index (κ3) is 4.67. The van der Waals surface area contributed by atoms with E-state index in [1.807, 2.05) is 31.2 Å². The van der Waals surface area contributed by atoms with E-state index in [-0.39, 0.29) is 16.7 Å². The first-order valence-corrected chi connectivity index (χ1v) is 10.4. The molecular formula is C20H27N3O2S. The van der Waals surface area contributed by atoms with Gasteiger partial charge in [0.25, 0.3) is 5.56 Å². The first kappa shape index (κ1) is 19.0. The van der Waals surface area contributed by atoms with Gasteiger partial charge in [0.15, 0.2) is 5.16 Å². The number of nitrogens with one attached hydrogen (secondary N) is 1. The Morgan fingerprint density at radius 1 is 1.31 bits per heavy atom. The molecule has 1 saturated carbocycles. The topological polar surface area (TPSA) is 64.0 Å². The molecule has 0 bridgehead atoms. The maximum Gasteiger partial charge on any atom is 0.262 e. The number of hydrogen-bond acceptors (Lipinski definition) is 4. The van der Waals surface area contributed by atoms with Gasteiger partial charge in [-0.15, -0.1) is 0 Å². The summed E-state index contributed by atoms with van der Waals surface area (Å²) in [5.41, 5.74) is 0.684. The van der Waals surface area contributed by atoms with E-state index < -0.39 is 0 Å². The smallest absolute Gasteiger partial charge is 0.262 e. The lowest BCUT2D eigenvalue weighted by atomic mass is 10.2. The second-order valence-electron chi connectivity index (χ2n) is 6.97. The molecule has 6 heteroatoms. The van der Waals surface area contributed by atoms with Gasteiger partial charge in [0, 0.05) is 12.6 Å². The van der Waals surface area contributed by atoms with Crippen LogP contribution in [0.5, 0.6) is 0 Å². The van der Waals surface area contributed by atoms with Crippen molar-refractivity contribution < 1.29 is 4.79 Å². The van der Waals surface area contributed by atoms with E-state index in [0.717, 1.165) is 32.1 Å². The number of aromatic nitrogens is 2. The lowest BCUT2D eigenvalue weighted by molar-refractivity contribution is -0.120. The third-order valence-electron chi connectivity index (χ3n) is 4.64. The molecule has 1 N–H and O–H groups in total. The molecule has 0 unspecified atom stereocenters. The minimum atomic E-state index is -0.273. The van der Waals surface area contributed by atoms with Gasteiger partial charge in [0.05, 0.1) is 16.2 Å². The van der Waals surface area contributed by atoms with E-state index in [1.54, 1.807) is 4.57 Å². The van der Waals surface area contributed by atoms with Gasteiger partial charge in [-0.1, -0.05) is 50.1 Å². The zero-order valence-corrected chi connectivity index (χ0v) is 16.3. The Kier molecular flexibility index (Phi) is 6.35. The molecule has 0 radical (unpaired) electrons. The SMILES string of the molecule is CCCCCCn1c(S[C@@H](C)C(=O)NC2CC2)nc2ccccc2c1=O. The highest BCUT2D eigenvalue weighted by atomic mass is 32.2. The van der Waals surface area contributed by atoms with E-state index in [0.29, 0.717) is 28.6 Å². The second kappa shape index (κ2) is 8.71. The molecule has 1 heterocycles. The zero-order chi connectivity index (χ0) is 18.5. The summed E-state index contributed by atoms with van der Waals surface area (Å²) in [4.78, 5) is 30.0. The van der Waals surface area contributed by atoms with Crippen LogP contribution in [-0.2, 0) is 11.3 Å². The summed E-state index contributed by atoms with van der Waals surface area (Å²) in [6, 6.07) is 7.78. The van der Waals surface area contributed by atoms with Crippen LogP contribution in [0.3, 0.4) is 0 Å². The van der Waals surface area contributed by atoms with Gasteiger partial charge in [-0.05, 0) is 38.3 Å². The summed E-state index contributed by atoms with van der Waals surface area (Å²) in [6.45, 7) is 4.70. The predicted molar refractivity (Wildman–Crippen MR) is 107 cm³/mol. The summed E-state index contributed by atoms with van der Waals surface area (Å²) in [7, 11) is 0. The minimum absolute atomic E-state index is 0.00982. The van der Waals surface area contributed by atoms with Crippen LogP contribution in [-0.4, -0.2) is 26.8 Å². The van der Waals surface area contributed by atoms with Crippen molar-refractivity contribution in [2.24, 2.45) is 0 Å². The maximum absolute atomic E-state index is 13.0. The molecule has 2 aromatic rings. The highest BCUT2D eigenvalue weighted by Gasteiger charge is 2.27. The molecule has 3 rings (SSSR count). The van der Waals surface area contributed by atoms with Crippen LogP contribution in [0.1, 0.15) is 52.4 Å². The van der Waals surface area contributed by atoms with Crippen molar-refractivity contribution in [2.45, 2.75) is 75.4 Å². The molecule has 0 aliphatic heterocycles. The van der Waals surface area contributed by atoms with Crippen molar-refractivity contribution in [3.05, 3.63) is 34.6 Å². The Labute approximate surface area is 158 Å². The summed E-state index contributed by atoms with van der Waals surface area (Å²) in [5, 5.41) is 4.04. The summed E-state index contributed by atoms with van der Waals surface area (Å²) < 4.78 is 1.75. The third-order valence-corrected chi connectivity index (χ3v) is 5.73. The minimum Gasteiger partial charge on any atom is -0.352 e. The van der Waals surface area contributed by atoms with Crippen molar-refractivity contribution in [3.63, 3.8) is 0 Å². The fourth-order valence-electron chi connectivity index (χ4n) is 2.89. The first-order valence-electron chi connectivity index (χ1n) is 9.56. The van der Waals surface area contributed by atoms with Gasteiger partial charge in [0.2, 0.25) is 5.91 Å². The normalized spacial score (nSPS) is 15.2. The highest BCUT2D eigenvalue weighted by molar-refractivity contribution is 8.00. The molecule has 5 nitrogen and oxygen atoms in total. The summed E-state index contributed by atoms with van der Waals surface area (Å²) >= 11 is 1.38. The monoisotopic (exact) mass is 373 g/mol. The number of benzene rings is 1. The number of amides is 1. The molecule has 1 aliphatic rings. The fourth-order valence-corrected chi connectivity index (χ4v) is 3.83. The molecule has 140 valence electrons. The molecular weight excluding hydrogens is 346 g/mol. The molecule has 0 saturated heterocycles. The van der Waals surface area contributed by atoms with Crippen molar-refractivity contribution in [1.82, 2.24) is 14.9 Å². The molecule has 0 spiro atoms. The lowest BCUT2D eigenvalue weighted by Crippen LogP contribution is -2.33. The Bertz CT molecular complexity index is 829. The average Bonchev–Trinajstić information content (AvgIpc) is 3.44. The van der Waals surface area contributed by atoms with Crippen LogP contribution in [0.15, 0.2) is 34.2 Å². The van der Waals surface area contributed by atoms with Gasteiger partial charge < -0.3 is 5.32 Å². The first-order chi connectivity index (χ1) is 12.6. The van der Waals surface area contributed by atoms with Crippen LogP contribution in [0, 0.1) is 0 Å². The van der Waals surface area contributed by atoms with Crippen molar-refractivity contribution >= 4 is 28.6 Å². The van der Waals surface area contributed by atoms with Crippen LogP contribution >= 0.6 is 11.8 Å². The molecule has 1 amide bonds. The van der Waals surface area contributed by atoms with Crippen LogP contribution < -0.4 is 10.9 Å². The van der Waals surface area contributed by atoms with E-state index >= 15 is 0 Å². The van der Waals surface area contributed by atoms with Crippen LogP contribution in [0.25, 0.3) is 10.9 Å². The molecule has 26 heavy (non-hydrogen) atoms. The van der Waals surface area contributed by atoms with Crippen molar-refractivity contribution in [3.8, 4) is 0 Å². The molecule has 1 fully saturated rings. The van der Waals surface area contributed by atoms with Crippen LogP contribution in [0.4, 0.5) is 0 Å². The number of carbonyl (C=O) groups is 1. The lowest BCUT2D eigenvalue weighted by Gasteiger charge is -2.16. The summed E-state index contributed by atoms with van der Waals surface area (Å²) in [6.07, 6.45) is 6.50. The van der Waals surface area contributed by atoms with Crippen molar-refractivity contribution in [2.75, 3.05) is 0 Å². The Balaban J connectivity index is 1.85. The molecule has 1 aromatic heterocycles. The number of thioether (sulfide) groups is 1. The van der Waals surface area contributed by atoms with Gasteiger partial charge in [-0.2, -0.15) is 0 Å². The molecule has 1 atom stereocenters. The molecule has 1 aliphatic carbocycles. The Morgan fingerprint density at radius 3 is 2.81 bits per heavy atom. The summed E-state index contributed by atoms with van der Waals surface area (Å²) in [5.74, 6) is 0.0254. The largest absolute Gasteiger partial charge is 0.352 e. The van der Waals surface area contributed by atoms with Gasteiger partial charge in [0.1, 0.15) is 0 Å². The second-order valence-corrected chi connectivity index (χ2v) is 8.28. The standard InChI is InChI=1S/C20H27N3O2S/c1-3-4-5-8-13-23-19(25)16-9-6-7-10-17(16)22-20(23)26-14(2)18(24)21-15-11-12-15/h6-7,9-10,14-15H,3-5,8,11-13H2,1-2H3,(H,21,24)/t14-/m0/s1. The number of hydrogen-bond donors (Lipinski definition) is 1. The maximum atomic E-state index is 13.0. The number of unbranched alkanes of at least 4 members (excludes halogenated alkanes) is 3. The quantitative estimate of drug-likeness (QED) is 0.413. The number of nitrogens with zero attached hydrogens (tertiary/aromatic N) is 2. The zero-order valence-electron chi connectivity index (χ0n) is 15.5. The van der Waals surface area contributed by atoms with Gasteiger partial charge >= 0.3 is 0 Å². The number of rotatable bonds is 9. The average molecular weight is 374 g/mol. The molecule has 1 aromatic carbocycles. The van der Waals surface area contributed by atoms with E-state index in [1.165, 1.54) is 18.2 Å². The van der Waals surface area contributed by atoms with Gasteiger partial charge in [-0.3, -0.25) is 14.2 Å². The Hall–Kier alpha value is -1.82. The highest BCUT2D eigenvalue weighted by Crippen LogP contribution is 2.25. The van der Waals surface area contributed by atoms with E-state index in [9.17, 15) is 9.59 Å².